The van der Waals surface area contributed by atoms with E-state index in [2.05, 4.69) is 26.1 Å². The highest BCUT2D eigenvalue weighted by atomic mass is 35.5. The van der Waals surface area contributed by atoms with Crippen molar-refractivity contribution < 1.29 is 9.53 Å². The summed E-state index contributed by atoms with van der Waals surface area (Å²) in [6.07, 6.45) is 1.61. The van der Waals surface area contributed by atoms with Crippen LogP contribution in [0, 0.1) is 5.41 Å². The molecule has 2 aromatic carbocycles. The Labute approximate surface area is 197 Å². The third-order valence-corrected chi connectivity index (χ3v) is 8.80. The maximum Gasteiger partial charge on any atom is 0.233 e. The molecule has 5 nitrogen and oxygen atoms in total. The number of amides is 1. The number of benzene rings is 2. The van der Waals surface area contributed by atoms with Gasteiger partial charge in [0.25, 0.3) is 0 Å². The van der Waals surface area contributed by atoms with Gasteiger partial charge in [-0.15, -0.1) is 0 Å². The molecule has 0 radical (unpaired) electrons. The Balaban J connectivity index is 1.57. The van der Waals surface area contributed by atoms with Crippen LogP contribution in [0.5, 0.6) is 5.75 Å². The number of ether oxygens (including phenoxy) is 1. The summed E-state index contributed by atoms with van der Waals surface area (Å²) in [5.74, 6) is 0.784. The zero-order valence-electron chi connectivity index (χ0n) is 18.6. The summed E-state index contributed by atoms with van der Waals surface area (Å²) < 4.78 is 5.22. The lowest BCUT2D eigenvalue weighted by Crippen LogP contribution is -2.51. The molecule has 1 saturated carbocycles. The van der Waals surface area contributed by atoms with E-state index in [4.69, 9.17) is 37.9 Å². The maximum absolute atomic E-state index is 13.8. The number of carbonyl (C=O) groups is 1. The van der Waals surface area contributed by atoms with Crippen LogP contribution in [0.4, 0.5) is 0 Å². The van der Waals surface area contributed by atoms with Crippen LogP contribution in [-0.4, -0.2) is 23.0 Å². The zero-order chi connectivity index (χ0) is 22.9. The largest absolute Gasteiger partial charge is 0.497 e. The van der Waals surface area contributed by atoms with Crippen LogP contribution in [-0.2, 0) is 22.2 Å². The fraction of sp³-hybridized carbons (Fsp3) is 0.400. The molecule has 1 aromatic heterocycles. The lowest BCUT2D eigenvalue weighted by Gasteiger charge is -2.39. The molecule has 1 heterocycles. The average Bonchev–Trinajstić information content (AvgIpc) is 3.07. The van der Waals surface area contributed by atoms with Gasteiger partial charge in [-0.2, -0.15) is 0 Å². The lowest BCUT2D eigenvalue weighted by molar-refractivity contribution is -0.130. The predicted molar refractivity (Wildman–Crippen MR) is 126 cm³/mol. The highest BCUT2D eigenvalue weighted by Crippen LogP contribution is 2.70. The van der Waals surface area contributed by atoms with E-state index in [0.29, 0.717) is 27.6 Å². The molecule has 166 valence electrons. The van der Waals surface area contributed by atoms with Crippen molar-refractivity contribution in [2.45, 2.75) is 51.0 Å². The Morgan fingerprint density at radius 2 is 1.59 bits per heavy atom. The highest BCUT2D eigenvalue weighted by Gasteiger charge is 2.73. The molecule has 2 aliphatic carbocycles. The molecule has 7 heteroatoms. The zero-order valence-corrected chi connectivity index (χ0v) is 20.1. The van der Waals surface area contributed by atoms with Crippen molar-refractivity contribution in [1.29, 1.82) is 0 Å². The normalized spacial score (nSPS) is 25.1. The minimum atomic E-state index is -0.753. The van der Waals surface area contributed by atoms with Crippen LogP contribution in [0.3, 0.4) is 0 Å². The van der Waals surface area contributed by atoms with E-state index >= 15 is 0 Å². The molecule has 1 amide bonds. The minimum absolute atomic E-state index is 0.00509. The number of hydrogen-bond donors (Lipinski definition) is 1. The molecule has 2 unspecified atom stereocenters. The summed E-state index contributed by atoms with van der Waals surface area (Å²) in [5.41, 5.74) is 2.69. The lowest BCUT2D eigenvalue weighted by atomic mass is 9.63. The smallest absolute Gasteiger partial charge is 0.233 e. The fourth-order valence-electron chi connectivity index (χ4n) is 5.68. The number of aromatic nitrogens is 2. The van der Waals surface area contributed by atoms with Gasteiger partial charge in [-0.25, -0.2) is 9.97 Å². The van der Waals surface area contributed by atoms with Gasteiger partial charge in [0.05, 0.1) is 45.0 Å². The number of nitrogens with zero attached hydrogens (tertiary/aromatic N) is 2. The van der Waals surface area contributed by atoms with Crippen LogP contribution in [0.25, 0.3) is 11.0 Å². The number of halogens is 2. The SMILES string of the molecule is COc1ccc(CNC(=O)C23CCC(C)(c4nc5cc(Cl)c(Cl)cc5nc42)C3(C)C)cc1. The van der Waals surface area contributed by atoms with Gasteiger partial charge in [-0.3, -0.25) is 4.79 Å². The van der Waals surface area contributed by atoms with E-state index in [-0.39, 0.29) is 16.7 Å². The second-order valence-corrected chi connectivity index (χ2v) is 10.4. The number of fused-ring (bicyclic) bond motifs is 6. The summed E-state index contributed by atoms with van der Waals surface area (Å²) in [5, 5.41) is 4.07. The molecule has 2 aliphatic rings. The summed E-state index contributed by atoms with van der Waals surface area (Å²) >= 11 is 12.5. The number of carbonyl (C=O) groups excluding carboxylic acids is 1. The van der Waals surface area contributed by atoms with Crippen LogP contribution >= 0.6 is 23.2 Å². The Hall–Kier alpha value is -2.37. The fourth-order valence-corrected chi connectivity index (χ4v) is 5.99. The number of rotatable bonds is 4. The predicted octanol–water partition coefficient (Wildman–Crippen LogP) is 5.59. The highest BCUT2D eigenvalue weighted by molar-refractivity contribution is 6.42. The van der Waals surface area contributed by atoms with Gasteiger partial charge >= 0.3 is 0 Å². The van der Waals surface area contributed by atoms with Crippen LogP contribution < -0.4 is 10.1 Å². The first kappa shape index (κ1) is 21.5. The third-order valence-electron chi connectivity index (χ3n) is 8.08. The molecule has 32 heavy (non-hydrogen) atoms. The molecule has 5 rings (SSSR count). The first-order valence-electron chi connectivity index (χ1n) is 10.7. The Bertz CT molecular complexity index is 1260. The topological polar surface area (TPSA) is 64.1 Å². The standard InChI is InChI=1S/C25H25Cl2N3O2/c1-23(2)24(3)9-10-25(23,22(31)28-13-14-5-7-15(32-4)8-6-14)21-20(24)29-18-11-16(26)17(27)12-19(18)30-21/h5-8,11-12H,9-10,13H2,1-4H3,(H,28,31). The molecular formula is C25H25Cl2N3O2. The van der Waals surface area contributed by atoms with Crippen LogP contribution in [0.1, 0.15) is 50.6 Å². The second-order valence-electron chi connectivity index (χ2n) is 9.57. The summed E-state index contributed by atoms with van der Waals surface area (Å²) in [7, 11) is 1.64. The molecule has 0 aliphatic heterocycles. The molecule has 2 bridgehead atoms. The van der Waals surface area contributed by atoms with Gasteiger partial charge in [0.2, 0.25) is 5.91 Å². The van der Waals surface area contributed by atoms with Gasteiger partial charge in [0.15, 0.2) is 0 Å². The Morgan fingerprint density at radius 3 is 2.19 bits per heavy atom. The van der Waals surface area contributed by atoms with Crippen molar-refractivity contribution in [3.63, 3.8) is 0 Å². The molecule has 1 fully saturated rings. The van der Waals surface area contributed by atoms with Crippen LogP contribution in [0.15, 0.2) is 36.4 Å². The molecule has 0 saturated heterocycles. The van der Waals surface area contributed by atoms with Crippen molar-refractivity contribution in [1.82, 2.24) is 15.3 Å². The monoisotopic (exact) mass is 469 g/mol. The molecule has 2 atom stereocenters. The Morgan fingerprint density at radius 1 is 1.00 bits per heavy atom. The molecule has 0 spiro atoms. The maximum atomic E-state index is 13.8. The summed E-state index contributed by atoms with van der Waals surface area (Å²) in [6.45, 7) is 6.98. The van der Waals surface area contributed by atoms with E-state index in [1.165, 1.54) is 0 Å². The second kappa shape index (κ2) is 7.06. The average molecular weight is 470 g/mol. The van der Waals surface area contributed by atoms with Crippen molar-refractivity contribution in [3.05, 3.63) is 63.4 Å². The van der Waals surface area contributed by atoms with E-state index < -0.39 is 5.41 Å². The summed E-state index contributed by atoms with van der Waals surface area (Å²) in [4.78, 5) is 23.8. The van der Waals surface area contributed by atoms with Crippen molar-refractivity contribution in [2.75, 3.05) is 7.11 Å². The van der Waals surface area contributed by atoms with Gasteiger partial charge < -0.3 is 10.1 Å². The van der Waals surface area contributed by atoms with Gasteiger partial charge in [-0.1, -0.05) is 56.1 Å². The number of methoxy groups -OCH3 is 1. The van der Waals surface area contributed by atoms with Crippen molar-refractivity contribution >= 4 is 40.1 Å². The van der Waals surface area contributed by atoms with Gasteiger partial charge in [0, 0.05) is 12.0 Å². The van der Waals surface area contributed by atoms with Crippen LogP contribution in [0.2, 0.25) is 10.0 Å². The van der Waals surface area contributed by atoms with E-state index in [1.807, 2.05) is 24.3 Å². The number of hydrogen-bond acceptors (Lipinski definition) is 4. The molecule has 1 N–H and O–H groups in total. The summed E-state index contributed by atoms with van der Waals surface area (Å²) in [6, 6.07) is 11.2. The van der Waals surface area contributed by atoms with Gasteiger partial charge in [0.1, 0.15) is 5.75 Å². The van der Waals surface area contributed by atoms with E-state index in [1.54, 1.807) is 19.2 Å². The first-order valence-corrected chi connectivity index (χ1v) is 11.5. The van der Waals surface area contributed by atoms with Crippen molar-refractivity contribution in [3.8, 4) is 5.75 Å². The van der Waals surface area contributed by atoms with Crippen molar-refractivity contribution in [2.24, 2.45) is 5.41 Å². The Kier molecular flexibility index (Phi) is 4.74. The van der Waals surface area contributed by atoms with E-state index in [0.717, 1.165) is 35.5 Å². The first-order chi connectivity index (χ1) is 15.1. The van der Waals surface area contributed by atoms with E-state index in [9.17, 15) is 4.79 Å². The molecular weight excluding hydrogens is 445 g/mol. The number of nitrogens with one attached hydrogen (secondary N) is 1. The quantitative estimate of drug-likeness (QED) is 0.540. The van der Waals surface area contributed by atoms with Gasteiger partial charge in [-0.05, 0) is 48.1 Å². The third kappa shape index (κ3) is 2.67. The minimum Gasteiger partial charge on any atom is -0.497 e. The molecule has 3 aromatic rings.